The molecule has 1 aliphatic rings. The van der Waals surface area contributed by atoms with Gasteiger partial charge in [0.2, 0.25) is 0 Å². The molecule has 1 aromatic rings. The van der Waals surface area contributed by atoms with Gasteiger partial charge in [0.15, 0.2) is 0 Å². The molecule has 4 nitrogen and oxygen atoms in total. The van der Waals surface area contributed by atoms with Crippen molar-refractivity contribution in [3.8, 4) is 0 Å². The van der Waals surface area contributed by atoms with Crippen LogP contribution in [0.4, 0.5) is 10.5 Å². The fourth-order valence-corrected chi connectivity index (χ4v) is 2.96. The Morgan fingerprint density at radius 3 is 2.81 bits per heavy atom. The van der Waals surface area contributed by atoms with Gasteiger partial charge >= 0.3 is 6.03 Å². The third kappa shape index (κ3) is 3.97. The molecule has 1 fully saturated rings. The van der Waals surface area contributed by atoms with Gasteiger partial charge in [-0.1, -0.05) is 19.1 Å². The van der Waals surface area contributed by atoms with Crippen LogP contribution in [0.5, 0.6) is 0 Å². The summed E-state index contributed by atoms with van der Waals surface area (Å²) >= 11 is 0. The van der Waals surface area contributed by atoms with Gasteiger partial charge in [0.25, 0.3) is 0 Å². The molecule has 116 valence electrons. The largest absolute Gasteiger partial charge is 0.322 e. The second kappa shape index (κ2) is 6.94. The first-order valence-corrected chi connectivity index (χ1v) is 7.86. The summed E-state index contributed by atoms with van der Waals surface area (Å²) in [7, 11) is 1.94. The Balaban J connectivity index is 2.02. The molecule has 2 rings (SSSR count). The third-order valence-corrected chi connectivity index (χ3v) is 4.47. The second-order valence-electron chi connectivity index (χ2n) is 6.24. The maximum atomic E-state index is 12.4. The highest BCUT2D eigenvalue weighted by atomic mass is 16.2. The fraction of sp³-hybridized carbons (Fsp3) is 0.588. The lowest BCUT2D eigenvalue weighted by Gasteiger charge is -2.36. The summed E-state index contributed by atoms with van der Waals surface area (Å²) in [6.45, 7) is 7.35. The summed E-state index contributed by atoms with van der Waals surface area (Å²) < 4.78 is 0. The number of amides is 2. The Bertz CT molecular complexity index is 489. The molecule has 2 amide bonds. The number of piperidine rings is 1. The molecular weight excluding hydrogens is 262 g/mol. The lowest BCUT2D eigenvalue weighted by molar-refractivity contribution is 0.150. The molecule has 3 atom stereocenters. The minimum atomic E-state index is 0.0173. The molecule has 21 heavy (non-hydrogen) atoms. The van der Waals surface area contributed by atoms with Gasteiger partial charge in [-0.05, 0) is 57.4 Å². The molecule has 0 aromatic heterocycles. The quantitative estimate of drug-likeness (QED) is 0.892. The summed E-state index contributed by atoms with van der Waals surface area (Å²) in [5.74, 6) is 0.712. The van der Waals surface area contributed by atoms with E-state index in [0.717, 1.165) is 25.1 Å². The van der Waals surface area contributed by atoms with Gasteiger partial charge in [-0.2, -0.15) is 0 Å². The topological polar surface area (TPSA) is 44.4 Å². The van der Waals surface area contributed by atoms with E-state index in [9.17, 15) is 4.79 Å². The molecule has 1 aliphatic heterocycles. The van der Waals surface area contributed by atoms with Crippen LogP contribution in [0, 0.1) is 5.92 Å². The SMILES string of the molecule is CNC(C)c1cccc(NC(=O)N2CCC(C)CC2C)c1. The van der Waals surface area contributed by atoms with E-state index < -0.39 is 0 Å². The summed E-state index contributed by atoms with van der Waals surface area (Å²) in [5, 5.41) is 6.25. The zero-order chi connectivity index (χ0) is 15.4. The summed E-state index contributed by atoms with van der Waals surface area (Å²) in [6.07, 6.45) is 2.18. The van der Waals surface area contributed by atoms with Crippen molar-refractivity contribution >= 4 is 11.7 Å². The lowest BCUT2D eigenvalue weighted by Crippen LogP contribution is -2.46. The Kier molecular flexibility index (Phi) is 5.23. The van der Waals surface area contributed by atoms with E-state index in [0.29, 0.717) is 12.0 Å². The maximum Gasteiger partial charge on any atom is 0.322 e. The Morgan fingerprint density at radius 1 is 1.38 bits per heavy atom. The molecule has 0 radical (unpaired) electrons. The van der Waals surface area contributed by atoms with Crippen LogP contribution >= 0.6 is 0 Å². The van der Waals surface area contributed by atoms with Gasteiger partial charge in [-0.3, -0.25) is 0 Å². The van der Waals surface area contributed by atoms with Gasteiger partial charge in [0, 0.05) is 24.3 Å². The number of hydrogen-bond donors (Lipinski definition) is 2. The maximum absolute atomic E-state index is 12.4. The molecule has 1 heterocycles. The van der Waals surface area contributed by atoms with E-state index in [-0.39, 0.29) is 12.1 Å². The summed E-state index contributed by atoms with van der Waals surface area (Å²) in [6, 6.07) is 8.65. The first-order chi connectivity index (χ1) is 10.0. The van der Waals surface area contributed by atoms with Crippen LogP contribution in [0.2, 0.25) is 0 Å². The molecule has 0 aliphatic carbocycles. The van der Waals surface area contributed by atoms with E-state index in [1.807, 2.05) is 30.1 Å². The zero-order valence-corrected chi connectivity index (χ0v) is 13.5. The normalized spacial score (nSPS) is 23.7. The number of nitrogens with one attached hydrogen (secondary N) is 2. The number of carbonyl (C=O) groups is 1. The van der Waals surface area contributed by atoms with Gasteiger partial charge in [-0.15, -0.1) is 0 Å². The number of urea groups is 1. The van der Waals surface area contributed by atoms with Crippen LogP contribution in [0.3, 0.4) is 0 Å². The zero-order valence-electron chi connectivity index (χ0n) is 13.5. The van der Waals surface area contributed by atoms with E-state index in [1.54, 1.807) is 0 Å². The second-order valence-corrected chi connectivity index (χ2v) is 6.24. The predicted octanol–water partition coefficient (Wildman–Crippen LogP) is 3.62. The number of rotatable bonds is 3. The van der Waals surface area contributed by atoms with Gasteiger partial charge in [0.05, 0.1) is 0 Å². The highest BCUT2D eigenvalue weighted by molar-refractivity contribution is 5.89. The van der Waals surface area contributed by atoms with E-state index in [1.165, 1.54) is 5.56 Å². The van der Waals surface area contributed by atoms with Crippen molar-refractivity contribution in [3.05, 3.63) is 29.8 Å². The minimum Gasteiger partial charge on any atom is -0.322 e. The van der Waals surface area contributed by atoms with Crippen LogP contribution in [0.15, 0.2) is 24.3 Å². The molecule has 4 heteroatoms. The molecule has 1 saturated heterocycles. The van der Waals surface area contributed by atoms with Crippen LogP contribution in [-0.2, 0) is 0 Å². The van der Waals surface area contributed by atoms with Crippen LogP contribution in [-0.4, -0.2) is 30.6 Å². The van der Waals surface area contributed by atoms with E-state index in [4.69, 9.17) is 0 Å². The molecule has 0 bridgehead atoms. The predicted molar refractivity (Wildman–Crippen MR) is 87.5 cm³/mol. The van der Waals surface area contributed by atoms with Crippen molar-refractivity contribution < 1.29 is 4.79 Å². The van der Waals surface area contributed by atoms with Crippen molar-refractivity contribution in [2.24, 2.45) is 5.92 Å². The summed E-state index contributed by atoms with van der Waals surface area (Å²) in [4.78, 5) is 14.4. The number of anilines is 1. The van der Waals surface area contributed by atoms with Crippen LogP contribution in [0.1, 0.15) is 45.2 Å². The number of nitrogens with zero attached hydrogens (tertiary/aromatic N) is 1. The van der Waals surface area contributed by atoms with Crippen molar-refractivity contribution in [2.75, 3.05) is 18.9 Å². The first-order valence-electron chi connectivity index (χ1n) is 7.86. The van der Waals surface area contributed by atoms with Crippen LogP contribution in [0.25, 0.3) is 0 Å². The number of likely N-dealkylation sites (tertiary alicyclic amines) is 1. The number of hydrogen-bond acceptors (Lipinski definition) is 2. The van der Waals surface area contributed by atoms with Crippen molar-refractivity contribution in [3.63, 3.8) is 0 Å². The van der Waals surface area contributed by atoms with Crippen molar-refractivity contribution in [2.45, 2.75) is 45.7 Å². The lowest BCUT2D eigenvalue weighted by atomic mass is 9.94. The molecule has 3 unspecified atom stereocenters. The fourth-order valence-electron chi connectivity index (χ4n) is 2.96. The Labute approximate surface area is 127 Å². The monoisotopic (exact) mass is 289 g/mol. The average Bonchev–Trinajstić information content (AvgIpc) is 2.46. The number of benzene rings is 1. The number of carbonyl (C=O) groups excluding carboxylic acids is 1. The van der Waals surface area contributed by atoms with Crippen molar-refractivity contribution in [1.29, 1.82) is 0 Å². The van der Waals surface area contributed by atoms with Gasteiger partial charge in [0.1, 0.15) is 0 Å². The molecular formula is C17H27N3O. The van der Waals surface area contributed by atoms with Crippen LogP contribution < -0.4 is 10.6 Å². The van der Waals surface area contributed by atoms with Gasteiger partial charge < -0.3 is 15.5 Å². The van der Waals surface area contributed by atoms with Crippen molar-refractivity contribution in [1.82, 2.24) is 10.2 Å². The first kappa shape index (κ1) is 15.8. The Morgan fingerprint density at radius 2 is 2.14 bits per heavy atom. The Hall–Kier alpha value is -1.55. The summed E-state index contributed by atoms with van der Waals surface area (Å²) in [5.41, 5.74) is 2.04. The van der Waals surface area contributed by atoms with E-state index in [2.05, 4.69) is 37.5 Å². The molecule has 0 spiro atoms. The molecule has 2 N–H and O–H groups in total. The molecule has 1 aromatic carbocycles. The molecule has 0 saturated carbocycles. The minimum absolute atomic E-state index is 0.0173. The third-order valence-electron chi connectivity index (χ3n) is 4.47. The highest BCUT2D eigenvalue weighted by Crippen LogP contribution is 2.23. The van der Waals surface area contributed by atoms with E-state index >= 15 is 0 Å². The standard InChI is InChI=1S/C17H27N3O/c1-12-8-9-20(13(2)10-12)17(21)19-16-7-5-6-15(11-16)14(3)18-4/h5-7,11-14,18H,8-10H2,1-4H3,(H,19,21). The smallest absolute Gasteiger partial charge is 0.322 e. The highest BCUT2D eigenvalue weighted by Gasteiger charge is 2.26. The van der Waals surface area contributed by atoms with Gasteiger partial charge in [-0.25, -0.2) is 4.79 Å². The average molecular weight is 289 g/mol.